The summed E-state index contributed by atoms with van der Waals surface area (Å²) in [6.45, 7) is 2.13. The highest BCUT2D eigenvalue weighted by molar-refractivity contribution is 6.08. The first kappa shape index (κ1) is 12.8. The molecule has 4 heterocycles. The van der Waals surface area contributed by atoms with Crippen LogP contribution in [0.15, 0.2) is 37.2 Å². The number of rotatable bonds is 2. The third-order valence-corrected chi connectivity index (χ3v) is 3.88. The lowest BCUT2D eigenvalue weighted by Crippen LogP contribution is -2.18. The van der Waals surface area contributed by atoms with Crippen molar-refractivity contribution in [2.45, 2.75) is 19.4 Å². The highest BCUT2D eigenvalue weighted by Crippen LogP contribution is 2.35. The van der Waals surface area contributed by atoms with E-state index in [-0.39, 0.29) is 5.91 Å². The maximum atomic E-state index is 12.5. The van der Waals surface area contributed by atoms with Gasteiger partial charge >= 0.3 is 0 Å². The highest BCUT2D eigenvalue weighted by atomic mass is 16.1. The number of imidazole rings is 1. The standard InChI is InChI=1S/C15H14N6O/c1-9-6-11-13(14-18-4-5-21(9)14)10(7-19-11)15(22)20-12-8-16-2-3-17-12/h2-5,7-9,19H,6H2,1H3,(H,17,20,22)/t9-/m1/s1. The minimum atomic E-state index is -0.220. The van der Waals surface area contributed by atoms with E-state index in [0.29, 0.717) is 17.4 Å². The molecule has 1 amide bonds. The monoisotopic (exact) mass is 294 g/mol. The highest BCUT2D eigenvalue weighted by Gasteiger charge is 2.28. The fourth-order valence-electron chi connectivity index (χ4n) is 2.87. The zero-order chi connectivity index (χ0) is 15.1. The minimum Gasteiger partial charge on any atom is -0.364 e. The number of H-pyrrole nitrogens is 1. The fraction of sp³-hybridized carbons (Fsp3) is 0.200. The van der Waals surface area contributed by atoms with Crippen molar-refractivity contribution in [2.24, 2.45) is 0 Å². The van der Waals surface area contributed by atoms with Gasteiger partial charge in [0.25, 0.3) is 5.91 Å². The fourth-order valence-corrected chi connectivity index (χ4v) is 2.87. The van der Waals surface area contributed by atoms with Crippen molar-refractivity contribution in [1.29, 1.82) is 0 Å². The lowest BCUT2D eigenvalue weighted by Gasteiger charge is -2.22. The van der Waals surface area contributed by atoms with E-state index >= 15 is 0 Å². The molecule has 0 saturated carbocycles. The van der Waals surface area contributed by atoms with E-state index in [1.807, 2.05) is 6.20 Å². The van der Waals surface area contributed by atoms with Crippen LogP contribution in [0.1, 0.15) is 29.0 Å². The smallest absolute Gasteiger partial charge is 0.259 e. The Morgan fingerprint density at radius 2 is 2.27 bits per heavy atom. The molecule has 3 aromatic heterocycles. The Morgan fingerprint density at radius 1 is 1.36 bits per heavy atom. The third-order valence-electron chi connectivity index (χ3n) is 3.88. The summed E-state index contributed by atoms with van der Waals surface area (Å²) in [6.07, 6.45) is 10.9. The molecule has 3 aromatic rings. The second-order valence-electron chi connectivity index (χ2n) is 5.31. The van der Waals surface area contributed by atoms with Gasteiger partial charge in [0, 0.05) is 49.1 Å². The van der Waals surface area contributed by atoms with Crippen LogP contribution in [0.5, 0.6) is 0 Å². The van der Waals surface area contributed by atoms with Gasteiger partial charge in [-0.1, -0.05) is 0 Å². The van der Waals surface area contributed by atoms with E-state index in [2.05, 4.69) is 36.7 Å². The second-order valence-corrected chi connectivity index (χ2v) is 5.31. The molecule has 1 atom stereocenters. The molecule has 7 heteroatoms. The SMILES string of the molecule is C[C@@H]1Cc2[nH]cc(C(=O)Nc3cnccn3)c2-c2nccn21. The summed E-state index contributed by atoms with van der Waals surface area (Å²) in [5, 5.41) is 2.76. The Bertz CT molecular complexity index is 835. The van der Waals surface area contributed by atoms with Gasteiger partial charge in [0.15, 0.2) is 5.82 Å². The first-order valence-electron chi connectivity index (χ1n) is 7.05. The zero-order valence-electron chi connectivity index (χ0n) is 11.9. The second kappa shape index (κ2) is 4.80. The van der Waals surface area contributed by atoms with Gasteiger partial charge in [-0.15, -0.1) is 0 Å². The van der Waals surface area contributed by atoms with Gasteiger partial charge in [0.1, 0.15) is 5.82 Å². The van der Waals surface area contributed by atoms with Crippen molar-refractivity contribution in [3.8, 4) is 11.4 Å². The molecular weight excluding hydrogens is 280 g/mol. The molecule has 1 aliphatic rings. The van der Waals surface area contributed by atoms with Crippen molar-refractivity contribution in [3.05, 3.63) is 48.4 Å². The minimum absolute atomic E-state index is 0.220. The third kappa shape index (κ3) is 1.90. The maximum absolute atomic E-state index is 12.5. The number of fused-ring (bicyclic) bond motifs is 3. The molecule has 0 aromatic carbocycles. The van der Waals surface area contributed by atoms with Crippen molar-refractivity contribution in [1.82, 2.24) is 24.5 Å². The summed E-state index contributed by atoms with van der Waals surface area (Å²) in [5.41, 5.74) is 2.47. The topological polar surface area (TPSA) is 88.5 Å². The Kier molecular flexibility index (Phi) is 2.78. The molecule has 1 aliphatic heterocycles. The number of hydrogen-bond donors (Lipinski definition) is 2. The molecule has 0 spiro atoms. The molecule has 0 bridgehead atoms. The summed E-state index contributed by atoms with van der Waals surface area (Å²) in [5.74, 6) is 1.02. The van der Waals surface area contributed by atoms with Crippen molar-refractivity contribution >= 4 is 11.7 Å². The quantitative estimate of drug-likeness (QED) is 0.757. The van der Waals surface area contributed by atoms with Gasteiger partial charge in [-0.25, -0.2) is 9.97 Å². The molecule has 0 radical (unpaired) electrons. The number of carbonyl (C=O) groups is 1. The average Bonchev–Trinajstić information content (AvgIpc) is 3.14. The summed E-state index contributed by atoms with van der Waals surface area (Å²) < 4.78 is 2.09. The number of hydrogen-bond acceptors (Lipinski definition) is 4. The number of aromatic nitrogens is 5. The molecule has 22 heavy (non-hydrogen) atoms. The van der Waals surface area contributed by atoms with Crippen LogP contribution in [-0.2, 0) is 6.42 Å². The molecule has 7 nitrogen and oxygen atoms in total. The van der Waals surface area contributed by atoms with Gasteiger partial charge in [0.05, 0.1) is 17.3 Å². The van der Waals surface area contributed by atoms with Gasteiger partial charge in [-0.05, 0) is 6.92 Å². The van der Waals surface area contributed by atoms with E-state index in [4.69, 9.17) is 0 Å². The van der Waals surface area contributed by atoms with Crippen LogP contribution in [0, 0.1) is 0 Å². The van der Waals surface area contributed by atoms with Crippen molar-refractivity contribution in [2.75, 3.05) is 5.32 Å². The van der Waals surface area contributed by atoms with Crippen LogP contribution < -0.4 is 5.32 Å². The lowest BCUT2D eigenvalue weighted by atomic mass is 10.0. The van der Waals surface area contributed by atoms with Crippen LogP contribution >= 0.6 is 0 Å². The Morgan fingerprint density at radius 3 is 3.09 bits per heavy atom. The number of nitrogens with one attached hydrogen (secondary N) is 2. The first-order chi connectivity index (χ1) is 10.7. The predicted octanol–water partition coefficient (Wildman–Crippen LogP) is 2.04. The van der Waals surface area contributed by atoms with Crippen LogP contribution in [0.3, 0.4) is 0 Å². The van der Waals surface area contributed by atoms with E-state index in [0.717, 1.165) is 23.5 Å². The van der Waals surface area contributed by atoms with E-state index in [1.54, 1.807) is 18.6 Å². The number of amides is 1. The van der Waals surface area contributed by atoms with Crippen molar-refractivity contribution < 1.29 is 4.79 Å². The zero-order valence-corrected chi connectivity index (χ0v) is 11.9. The summed E-state index contributed by atoms with van der Waals surface area (Å²) in [7, 11) is 0. The summed E-state index contributed by atoms with van der Waals surface area (Å²) >= 11 is 0. The number of aromatic amines is 1. The lowest BCUT2D eigenvalue weighted by molar-refractivity contribution is 0.102. The first-order valence-corrected chi connectivity index (χ1v) is 7.05. The number of nitrogens with zero attached hydrogens (tertiary/aromatic N) is 4. The van der Waals surface area contributed by atoms with Gasteiger partial charge in [-0.3, -0.25) is 9.78 Å². The predicted molar refractivity (Wildman–Crippen MR) is 80.4 cm³/mol. The van der Waals surface area contributed by atoms with E-state index in [1.165, 1.54) is 12.4 Å². The number of anilines is 1. The molecule has 2 N–H and O–H groups in total. The Balaban J connectivity index is 1.73. The Hall–Kier alpha value is -2.96. The van der Waals surface area contributed by atoms with Gasteiger partial charge in [0.2, 0.25) is 0 Å². The largest absolute Gasteiger partial charge is 0.364 e. The van der Waals surface area contributed by atoms with Gasteiger partial charge in [-0.2, -0.15) is 0 Å². The van der Waals surface area contributed by atoms with Crippen LogP contribution in [0.4, 0.5) is 5.82 Å². The molecule has 0 unspecified atom stereocenters. The molecule has 4 rings (SSSR count). The Labute approximate surface area is 126 Å². The molecule has 110 valence electrons. The van der Waals surface area contributed by atoms with Crippen molar-refractivity contribution in [3.63, 3.8) is 0 Å². The summed E-state index contributed by atoms with van der Waals surface area (Å²) in [6, 6.07) is 0.319. The van der Waals surface area contributed by atoms with Crippen LogP contribution in [-0.4, -0.2) is 30.4 Å². The van der Waals surface area contributed by atoms with E-state index in [9.17, 15) is 4.79 Å². The van der Waals surface area contributed by atoms with E-state index < -0.39 is 0 Å². The maximum Gasteiger partial charge on any atom is 0.259 e. The molecular formula is C15H14N6O. The molecule has 0 saturated heterocycles. The van der Waals surface area contributed by atoms with Crippen LogP contribution in [0.2, 0.25) is 0 Å². The van der Waals surface area contributed by atoms with Crippen LogP contribution in [0.25, 0.3) is 11.4 Å². The molecule has 0 fully saturated rings. The molecule has 0 aliphatic carbocycles. The average molecular weight is 294 g/mol. The van der Waals surface area contributed by atoms with Gasteiger partial charge < -0.3 is 14.9 Å². The normalized spacial score (nSPS) is 16.0. The number of carbonyl (C=O) groups excluding carboxylic acids is 1. The summed E-state index contributed by atoms with van der Waals surface area (Å²) in [4.78, 5) is 28.1.